The highest BCUT2D eigenvalue weighted by molar-refractivity contribution is 8.27. The van der Waals surface area contributed by atoms with E-state index in [4.69, 9.17) is 36.3 Å². The van der Waals surface area contributed by atoms with Gasteiger partial charge >= 0.3 is 5.97 Å². The number of carbonyl (C=O) groups is 2. The molecule has 1 aliphatic rings. The van der Waals surface area contributed by atoms with Gasteiger partial charge in [-0.05, 0) is 42.8 Å². The van der Waals surface area contributed by atoms with Crippen LogP contribution in [-0.4, -0.2) is 48.7 Å². The first-order valence-electron chi connectivity index (χ1n) is 9.49. The van der Waals surface area contributed by atoms with Gasteiger partial charge in [-0.2, -0.15) is 0 Å². The highest BCUT2D eigenvalue weighted by Gasteiger charge is 2.35. The van der Waals surface area contributed by atoms with Crippen LogP contribution in [-0.2, 0) is 9.59 Å². The van der Waals surface area contributed by atoms with E-state index in [1.165, 1.54) is 23.8 Å². The van der Waals surface area contributed by atoms with Gasteiger partial charge in [-0.25, -0.2) is 4.79 Å². The lowest BCUT2D eigenvalue weighted by atomic mass is 10.1. The van der Waals surface area contributed by atoms with Crippen LogP contribution in [0.5, 0.6) is 23.0 Å². The minimum Gasteiger partial charge on any atom is -0.497 e. The number of nitrogens with zero attached hydrogens (tertiary/aromatic N) is 1. The highest BCUT2D eigenvalue weighted by atomic mass is 32.2. The zero-order chi connectivity index (χ0) is 23.3. The summed E-state index contributed by atoms with van der Waals surface area (Å²) in [4.78, 5) is 25.8. The Bertz CT molecular complexity index is 1080. The number of hydrogen-bond donors (Lipinski definition) is 1. The van der Waals surface area contributed by atoms with E-state index in [0.29, 0.717) is 50.1 Å². The van der Waals surface area contributed by atoms with Crippen molar-refractivity contribution >= 4 is 51.9 Å². The van der Waals surface area contributed by atoms with Crippen LogP contribution in [0.15, 0.2) is 41.3 Å². The second-order valence-corrected chi connectivity index (χ2v) is 8.05. The summed E-state index contributed by atoms with van der Waals surface area (Å²) in [5, 5.41) is 8.83. The molecular weight excluding hydrogens is 454 g/mol. The smallest absolute Gasteiger partial charge is 0.341 e. The first kappa shape index (κ1) is 23.4. The van der Waals surface area contributed by atoms with Crippen molar-refractivity contribution in [1.29, 1.82) is 0 Å². The van der Waals surface area contributed by atoms with Crippen molar-refractivity contribution in [2.45, 2.75) is 6.92 Å². The van der Waals surface area contributed by atoms with Crippen molar-refractivity contribution in [3.05, 3.63) is 46.9 Å². The average Bonchev–Trinajstić information content (AvgIpc) is 3.05. The Hall–Kier alpha value is -3.24. The molecule has 1 N–H and O–H groups in total. The number of carbonyl (C=O) groups excluding carboxylic acids is 1. The molecule has 0 bridgehead atoms. The molecule has 32 heavy (non-hydrogen) atoms. The van der Waals surface area contributed by atoms with Crippen molar-refractivity contribution < 1.29 is 33.6 Å². The number of carboxylic acids is 1. The third-order valence-electron chi connectivity index (χ3n) is 4.34. The maximum atomic E-state index is 13.1. The third kappa shape index (κ3) is 5.14. The summed E-state index contributed by atoms with van der Waals surface area (Å²) in [6.07, 6.45) is 1.69. The lowest BCUT2D eigenvalue weighted by Gasteiger charge is -2.18. The van der Waals surface area contributed by atoms with E-state index in [2.05, 4.69) is 0 Å². The average molecular weight is 476 g/mol. The summed E-state index contributed by atoms with van der Waals surface area (Å²) in [5.74, 6) is 0.374. The second kappa shape index (κ2) is 10.4. The van der Waals surface area contributed by atoms with Crippen LogP contribution >= 0.6 is 24.0 Å². The molecule has 1 heterocycles. The number of amides is 1. The van der Waals surface area contributed by atoms with Gasteiger partial charge in [0, 0.05) is 6.07 Å². The quantitative estimate of drug-likeness (QED) is 0.427. The number of methoxy groups -OCH3 is 2. The molecule has 2 aromatic rings. The molecule has 10 heteroatoms. The molecule has 1 fully saturated rings. The Morgan fingerprint density at radius 1 is 1.09 bits per heavy atom. The molecule has 3 rings (SSSR count). The first-order valence-corrected chi connectivity index (χ1v) is 10.7. The summed E-state index contributed by atoms with van der Waals surface area (Å²) in [6, 6.07) is 10.1. The van der Waals surface area contributed by atoms with Gasteiger partial charge < -0.3 is 24.1 Å². The van der Waals surface area contributed by atoms with Crippen LogP contribution < -0.4 is 23.8 Å². The zero-order valence-corrected chi connectivity index (χ0v) is 19.2. The fraction of sp³-hybridized carbons (Fsp3) is 0.227. The fourth-order valence-corrected chi connectivity index (χ4v) is 4.22. The molecule has 0 saturated carbocycles. The summed E-state index contributed by atoms with van der Waals surface area (Å²) in [7, 11) is 3.06. The van der Waals surface area contributed by atoms with E-state index in [1.807, 2.05) is 0 Å². The van der Waals surface area contributed by atoms with E-state index in [0.717, 1.165) is 0 Å². The molecule has 1 aliphatic heterocycles. The lowest BCUT2D eigenvalue weighted by molar-refractivity contribution is -0.139. The number of thiocarbonyl (C=S) groups is 1. The summed E-state index contributed by atoms with van der Waals surface area (Å²) < 4.78 is 21.8. The zero-order valence-electron chi connectivity index (χ0n) is 17.6. The fourth-order valence-electron chi connectivity index (χ4n) is 2.94. The minimum absolute atomic E-state index is 0.285. The Kier molecular flexibility index (Phi) is 7.60. The Morgan fingerprint density at radius 3 is 2.53 bits per heavy atom. The molecule has 0 spiro atoms. The molecule has 0 radical (unpaired) electrons. The predicted molar refractivity (Wildman–Crippen MR) is 126 cm³/mol. The Balaban J connectivity index is 1.90. The largest absolute Gasteiger partial charge is 0.497 e. The number of thioether (sulfide) groups is 1. The predicted octanol–water partition coefficient (Wildman–Crippen LogP) is 3.97. The molecule has 1 amide bonds. The second-order valence-electron chi connectivity index (χ2n) is 6.38. The number of aliphatic carboxylic acids is 1. The number of rotatable bonds is 9. The van der Waals surface area contributed by atoms with Gasteiger partial charge in [-0.1, -0.05) is 30.0 Å². The lowest BCUT2D eigenvalue weighted by Crippen LogP contribution is -2.27. The number of carboxylic acid groups (broad SMARTS) is 1. The van der Waals surface area contributed by atoms with Gasteiger partial charge in [0.15, 0.2) is 22.4 Å². The number of hydrogen-bond acceptors (Lipinski definition) is 8. The molecule has 0 aliphatic carbocycles. The first-order chi connectivity index (χ1) is 15.4. The van der Waals surface area contributed by atoms with Crippen molar-refractivity contribution in [2.75, 3.05) is 32.3 Å². The summed E-state index contributed by atoms with van der Waals surface area (Å²) in [5.41, 5.74) is 1.20. The minimum atomic E-state index is -1.09. The molecular formula is C22H21NO7S2. The molecule has 1 saturated heterocycles. The van der Waals surface area contributed by atoms with E-state index < -0.39 is 12.6 Å². The van der Waals surface area contributed by atoms with Gasteiger partial charge in [0.05, 0.1) is 31.4 Å². The molecule has 168 valence electrons. The van der Waals surface area contributed by atoms with Crippen molar-refractivity contribution in [2.24, 2.45) is 0 Å². The van der Waals surface area contributed by atoms with Crippen molar-refractivity contribution in [3.63, 3.8) is 0 Å². The Labute approximate surface area is 194 Å². The summed E-state index contributed by atoms with van der Waals surface area (Å²) in [6.45, 7) is 1.69. The Morgan fingerprint density at radius 2 is 1.88 bits per heavy atom. The van der Waals surface area contributed by atoms with Gasteiger partial charge in [0.2, 0.25) is 0 Å². The van der Waals surface area contributed by atoms with E-state index in [9.17, 15) is 9.59 Å². The maximum absolute atomic E-state index is 13.1. The SMILES string of the molecule is CCOc1cc(/C=C2/SC(=S)N(c3ccc(OC)cc3OC)C2=O)ccc1OCC(=O)O. The molecule has 0 aromatic heterocycles. The van der Waals surface area contributed by atoms with Gasteiger partial charge in [0.25, 0.3) is 5.91 Å². The highest BCUT2D eigenvalue weighted by Crippen LogP contribution is 2.41. The summed E-state index contributed by atoms with van der Waals surface area (Å²) >= 11 is 6.62. The number of anilines is 1. The third-order valence-corrected chi connectivity index (χ3v) is 5.64. The topological polar surface area (TPSA) is 94.5 Å². The van der Waals surface area contributed by atoms with Crippen LogP contribution in [0, 0.1) is 0 Å². The molecule has 2 aromatic carbocycles. The number of ether oxygens (including phenoxy) is 4. The number of benzene rings is 2. The van der Waals surface area contributed by atoms with Crippen LogP contribution in [0.25, 0.3) is 6.08 Å². The van der Waals surface area contributed by atoms with Crippen LogP contribution in [0.3, 0.4) is 0 Å². The van der Waals surface area contributed by atoms with Gasteiger partial charge in [-0.15, -0.1) is 0 Å². The van der Waals surface area contributed by atoms with E-state index in [-0.39, 0.29) is 5.91 Å². The van der Waals surface area contributed by atoms with Crippen LogP contribution in [0.1, 0.15) is 12.5 Å². The monoisotopic (exact) mass is 475 g/mol. The maximum Gasteiger partial charge on any atom is 0.341 e. The van der Waals surface area contributed by atoms with Gasteiger partial charge in [0.1, 0.15) is 11.5 Å². The standard InChI is InChI=1S/C22H21NO7S2/c1-4-29-18-9-13(5-8-16(18)30-12-20(24)25)10-19-21(26)23(22(31)32-19)15-7-6-14(27-2)11-17(15)28-3/h5-11H,4,12H2,1-3H3,(H,24,25)/b19-10+. The van der Waals surface area contributed by atoms with E-state index >= 15 is 0 Å². The molecule has 0 atom stereocenters. The van der Waals surface area contributed by atoms with Crippen molar-refractivity contribution in [1.82, 2.24) is 0 Å². The van der Waals surface area contributed by atoms with Crippen LogP contribution in [0.4, 0.5) is 5.69 Å². The molecule has 0 unspecified atom stereocenters. The van der Waals surface area contributed by atoms with Gasteiger partial charge in [-0.3, -0.25) is 9.69 Å². The van der Waals surface area contributed by atoms with E-state index in [1.54, 1.807) is 56.5 Å². The van der Waals surface area contributed by atoms with Crippen molar-refractivity contribution in [3.8, 4) is 23.0 Å². The normalized spacial score (nSPS) is 14.6. The molecule has 8 nitrogen and oxygen atoms in total. The van der Waals surface area contributed by atoms with Crippen LogP contribution in [0.2, 0.25) is 0 Å².